The smallest absolute Gasteiger partial charge is 0.119 e. The van der Waals surface area contributed by atoms with E-state index in [-0.39, 0.29) is 0 Å². The van der Waals surface area contributed by atoms with Crippen molar-refractivity contribution in [2.45, 2.75) is 52.7 Å². The third-order valence-corrected chi connectivity index (χ3v) is 2.40. The molecule has 0 aromatic heterocycles. The van der Waals surface area contributed by atoms with E-state index in [1.165, 1.54) is 6.42 Å². The summed E-state index contributed by atoms with van der Waals surface area (Å²) < 4.78 is 0. The molecule has 1 unspecified atom stereocenters. The molecular formula is C10H21N3. The molecule has 13 heavy (non-hydrogen) atoms. The Morgan fingerprint density at radius 2 is 2.08 bits per heavy atom. The monoisotopic (exact) mass is 183 g/mol. The molecule has 3 heteroatoms. The third kappa shape index (κ3) is 2.14. The Hall–Kier alpha value is -0.730. The molecule has 0 amide bonds. The van der Waals surface area contributed by atoms with Gasteiger partial charge in [0.2, 0.25) is 0 Å². The molecule has 0 radical (unpaired) electrons. The molecule has 0 bridgehead atoms. The van der Waals surface area contributed by atoms with Crippen molar-refractivity contribution >= 4 is 6.34 Å². The highest BCUT2D eigenvalue weighted by Gasteiger charge is 2.26. The largest absolute Gasteiger partial charge is 0.339 e. The summed E-state index contributed by atoms with van der Waals surface area (Å²) in [6, 6.07) is 0.503. The zero-order chi connectivity index (χ0) is 9.84. The van der Waals surface area contributed by atoms with Crippen molar-refractivity contribution in [1.82, 2.24) is 9.91 Å². The van der Waals surface area contributed by atoms with Gasteiger partial charge < -0.3 is 4.90 Å². The molecule has 1 rings (SSSR count). The molecule has 0 saturated carbocycles. The zero-order valence-corrected chi connectivity index (χ0v) is 9.20. The Morgan fingerprint density at radius 3 is 2.54 bits per heavy atom. The lowest BCUT2D eigenvalue weighted by Crippen LogP contribution is -2.42. The highest BCUT2D eigenvalue weighted by atomic mass is 15.6. The quantitative estimate of drug-likeness (QED) is 0.664. The van der Waals surface area contributed by atoms with Crippen molar-refractivity contribution in [3.63, 3.8) is 0 Å². The molecule has 1 aliphatic heterocycles. The summed E-state index contributed by atoms with van der Waals surface area (Å²) in [6.45, 7) is 9.92. The van der Waals surface area contributed by atoms with Crippen molar-refractivity contribution in [2.75, 3.05) is 6.54 Å². The maximum absolute atomic E-state index is 4.42. The minimum atomic E-state index is 0.486. The first-order valence-electron chi connectivity index (χ1n) is 5.28. The fourth-order valence-electron chi connectivity index (χ4n) is 1.80. The lowest BCUT2D eigenvalue weighted by molar-refractivity contribution is 0.0964. The van der Waals surface area contributed by atoms with E-state index < -0.39 is 0 Å². The second-order valence-electron chi connectivity index (χ2n) is 3.83. The van der Waals surface area contributed by atoms with Crippen molar-refractivity contribution in [2.24, 2.45) is 5.10 Å². The van der Waals surface area contributed by atoms with Gasteiger partial charge in [-0.3, -0.25) is 5.01 Å². The Bertz CT molecular complexity index is 177. The van der Waals surface area contributed by atoms with E-state index in [2.05, 4.69) is 42.7 Å². The van der Waals surface area contributed by atoms with Crippen LogP contribution in [0.5, 0.6) is 0 Å². The molecule has 0 aromatic rings. The molecule has 1 atom stereocenters. The number of nitrogens with zero attached hydrogens (tertiary/aromatic N) is 3. The first-order valence-corrected chi connectivity index (χ1v) is 5.28. The topological polar surface area (TPSA) is 18.8 Å². The van der Waals surface area contributed by atoms with E-state index in [1.807, 2.05) is 6.34 Å². The van der Waals surface area contributed by atoms with E-state index in [4.69, 9.17) is 0 Å². The van der Waals surface area contributed by atoms with Crippen LogP contribution in [-0.4, -0.2) is 35.0 Å². The van der Waals surface area contributed by atoms with E-state index in [0.717, 1.165) is 13.0 Å². The van der Waals surface area contributed by atoms with Crippen LogP contribution in [0.15, 0.2) is 5.10 Å². The third-order valence-electron chi connectivity index (χ3n) is 2.40. The Balaban J connectivity index is 2.58. The summed E-state index contributed by atoms with van der Waals surface area (Å²) in [7, 11) is 0. The molecule has 0 spiro atoms. The van der Waals surface area contributed by atoms with Gasteiger partial charge in [0.15, 0.2) is 0 Å². The van der Waals surface area contributed by atoms with Crippen LogP contribution in [0.3, 0.4) is 0 Å². The van der Waals surface area contributed by atoms with Crippen LogP contribution in [0.2, 0.25) is 0 Å². The van der Waals surface area contributed by atoms with Gasteiger partial charge in [-0.05, 0) is 26.7 Å². The first kappa shape index (κ1) is 10.4. The van der Waals surface area contributed by atoms with Crippen molar-refractivity contribution < 1.29 is 0 Å². The number of hydrazone groups is 1. The number of hydrogen-bond donors (Lipinski definition) is 0. The summed E-state index contributed by atoms with van der Waals surface area (Å²) in [5.41, 5.74) is 0. The molecule has 0 fully saturated rings. The van der Waals surface area contributed by atoms with Gasteiger partial charge >= 0.3 is 0 Å². The van der Waals surface area contributed by atoms with Crippen molar-refractivity contribution in [1.29, 1.82) is 0 Å². The van der Waals surface area contributed by atoms with E-state index in [0.29, 0.717) is 12.2 Å². The predicted molar refractivity (Wildman–Crippen MR) is 56.5 cm³/mol. The van der Waals surface area contributed by atoms with Crippen molar-refractivity contribution in [3.05, 3.63) is 0 Å². The SMILES string of the molecule is CCCN1C=NN(C(C)C)C1CC. The molecule has 0 saturated heterocycles. The molecule has 0 aromatic carbocycles. The van der Waals surface area contributed by atoms with Gasteiger partial charge in [0.25, 0.3) is 0 Å². The Labute approximate surface area is 81.4 Å². The average Bonchev–Trinajstić information content (AvgIpc) is 2.48. The molecular weight excluding hydrogens is 162 g/mol. The normalized spacial score (nSPS) is 22.1. The van der Waals surface area contributed by atoms with E-state index in [9.17, 15) is 0 Å². The maximum Gasteiger partial charge on any atom is 0.119 e. The van der Waals surface area contributed by atoms with Crippen LogP contribution in [0, 0.1) is 0 Å². The van der Waals surface area contributed by atoms with Gasteiger partial charge in [-0.25, -0.2) is 0 Å². The number of rotatable bonds is 4. The average molecular weight is 183 g/mol. The Morgan fingerprint density at radius 1 is 1.38 bits per heavy atom. The second-order valence-corrected chi connectivity index (χ2v) is 3.83. The summed E-state index contributed by atoms with van der Waals surface area (Å²) in [5, 5.41) is 6.61. The van der Waals surface area contributed by atoms with Gasteiger partial charge in [-0.2, -0.15) is 5.10 Å². The molecule has 3 nitrogen and oxygen atoms in total. The van der Waals surface area contributed by atoms with Crippen LogP contribution in [-0.2, 0) is 0 Å². The summed E-state index contributed by atoms with van der Waals surface area (Å²) in [6.07, 6.45) is 4.80. The second kappa shape index (κ2) is 4.49. The zero-order valence-electron chi connectivity index (χ0n) is 9.20. The van der Waals surface area contributed by atoms with Crippen LogP contribution >= 0.6 is 0 Å². The van der Waals surface area contributed by atoms with Crippen molar-refractivity contribution in [3.8, 4) is 0 Å². The molecule has 76 valence electrons. The van der Waals surface area contributed by atoms with E-state index >= 15 is 0 Å². The molecule has 1 heterocycles. The summed E-state index contributed by atoms with van der Waals surface area (Å²) >= 11 is 0. The molecule has 0 aliphatic carbocycles. The van der Waals surface area contributed by atoms with Gasteiger partial charge in [0.05, 0.1) is 0 Å². The lowest BCUT2D eigenvalue weighted by Gasteiger charge is -2.31. The van der Waals surface area contributed by atoms with Gasteiger partial charge in [0.1, 0.15) is 12.5 Å². The van der Waals surface area contributed by atoms with Crippen LogP contribution in [0.1, 0.15) is 40.5 Å². The lowest BCUT2D eigenvalue weighted by atomic mass is 10.2. The standard InChI is InChI=1S/C10H21N3/c1-5-7-12-8-11-13(9(3)4)10(12)6-2/h8-10H,5-7H2,1-4H3. The minimum absolute atomic E-state index is 0.486. The minimum Gasteiger partial charge on any atom is -0.339 e. The summed E-state index contributed by atoms with van der Waals surface area (Å²) in [4.78, 5) is 2.33. The van der Waals surface area contributed by atoms with Crippen LogP contribution in [0.4, 0.5) is 0 Å². The molecule has 1 aliphatic rings. The highest BCUT2D eigenvalue weighted by Crippen LogP contribution is 2.18. The predicted octanol–water partition coefficient (Wildman–Crippen LogP) is 2.10. The van der Waals surface area contributed by atoms with Crippen LogP contribution in [0.25, 0.3) is 0 Å². The maximum atomic E-state index is 4.42. The highest BCUT2D eigenvalue weighted by molar-refractivity contribution is 5.57. The fourth-order valence-corrected chi connectivity index (χ4v) is 1.80. The van der Waals surface area contributed by atoms with Gasteiger partial charge in [0, 0.05) is 12.6 Å². The summed E-state index contributed by atoms with van der Waals surface area (Å²) in [5.74, 6) is 0. The van der Waals surface area contributed by atoms with E-state index in [1.54, 1.807) is 0 Å². The Kier molecular flexibility index (Phi) is 3.58. The number of hydrogen-bond acceptors (Lipinski definition) is 3. The molecule has 0 N–H and O–H groups in total. The van der Waals surface area contributed by atoms with Gasteiger partial charge in [-0.15, -0.1) is 0 Å². The first-order chi connectivity index (χ1) is 6.20. The van der Waals surface area contributed by atoms with Gasteiger partial charge in [-0.1, -0.05) is 13.8 Å². The van der Waals surface area contributed by atoms with Crippen LogP contribution < -0.4 is 0 Å². The fraction of sp³-hybridized carbons (Fsp3) is 0.900.